The van der Waals surface area contributed by atoms with Crippen molar-refractivity contribution in [2.45, 2.75) is 66.0 Å². The van der Waals surface area contributed by atoms with Gasteiger partial charge in [-0.1, -0.05) is 0 Å². The first-order valence-electron chi connectivity index (χ1n) is 9.12. The maximum atomic E-state index is 12.5. The zero-order chi connectivity index (χ0) is 19.4. The summed E-state index contributed by atoms with van der Waals surface area (Å²) in [4.78, 5) is 41.5. The third-order valence-corrected chi connectivity index (χ3v) is 4.93. The number of carbonyl (C=O) groups excluding carboxylic acids is 3. The minimum Gasteiger partial charge on any atom is -0.462 e. The molecule has 26 heavy (non-hydrogen) atoms. The molecule has 1 amide bonds. The quantitative estimate of drug-likeness (QED) is 0.812. The number of hydrogen-bond acceptors (Lipinski definition) is 5. The highest BCUT2D eigenvalue weighted by atomic mass is 16.5. The zero-order valence-corrected chi connectivity index (χ0v) is 16.2. The monoisotopic (exact) mass is 364 g/mol. The van der Waals surface area contributed by atoms with Crippen LogP contribution in [0.3, 0.4) is 0 Å². The number of aromatic amines is 1. The van der Waals surface area contributed by atoms with Crippen LogP contribution in [0, 0.1) is 13.8 Å². The number of ether oxygens (including phenoxy) is 2. The van der Waals surface area contributed by atoms with Crippen molar-refractivity contribution in [2.24, 2.45) is 0 Å². The Hall–Kier alpha value is -2.31. The van der Waals surface area contributed by atoms with Crippen molar-refractivity contribution in [2.75, 3.05) is 13.2 Å². The van der Waals surface area contributed by atoms with Crippen molar-refractivity contribution in [3.05, 3.63) is 22.5 Å². The molecule has 7 heteroatoms. The van der Waals surface area contributed by atoms with Gasteiger partial charge in [0, 0.05) is 17.8 Å². The van der Waals surface area contributed by atoms with Gasteiger partial charge in [0.1, 0.15) is 5.69 Å². The van der Waals surface area contributed by atoms with Crippen LogP contribution in [0.4, 0.5) is 0 Å². The van der Waals surface area contributed by atoms with Crippen LogP contribution in [0.2, 0.25) is 0 Å². The fourth-order valence-electron chi connectivity index (χ4n) is 3.65. The summed E-state index contributed by atoms with van der Waals surface area (Å²) in [6, 6.07) is 0.296. The van der Waals surface area contributed by atoms with Crippen molar-refractivity contribution in [3.63, 3.8) is 0 Å². The zero-order valence-electron chi connectivity index (χ0n) is 16.2. The highest BCUT2D eigenvalue weighted by Crippen LogP contribution is 2.23. The molecule has 2 atom stereocenters. The molecule has 1 N–H and O–H groups in total. The minimum atomic E-state index is -0.646. The number of aromatic nitrogens is 1. The van der Waals surface area contributed by atoms with Gasteiger partial charge in [-0.25, -0.2) is 9.59 Å². The summed E-state index contributed by atoms with van der Waals surface area (Å²) < 4.78 is 10.2. The maximum Gasteiger partial charge on any atom is 0.355 e. The molecule has 1 aromatic rings. The molecule has 1 fully saturated rings. The van der Waals surface area contributed by atoms with E-state index in [2.05, 4.69) is 4.98 Å². The van der Waals surface area contributed by atoms with Gasteiger partial charge in [-0.05, 0) is 59.4 Å². The number of piperidine rings is 1. The number of esters is 2. The van der Waals surface area contributed by atoms with Crippen LogP contribution in [-0.4, -0.2) is 53.0 Å². The third-order valence-electron chi connectivity index (χ3n) is 4.93. The van der Waals surface area contributed by atoms with Crippen molar-refractivity contribution < 1.29 is 23.9 Å². The summed E-state index contributed by atoms with van der Waals surface area (Å²) in [7, 11) is 0. The number of aryl methyl sites for hydroxylation is 1. The van der Waals surface area contributed by atoms with E-state index in [1.807, 2.05) is 13.8 Å². The van der Waals surface area contributed by atoms with Crippen LogP contribution < -0.4 is 0 Å². The number of H-pyrrole nitrogens is 1. The van der Waals surface area contributed by atoms with Gasteiger partial charge in [-0.3, -0.25) is 4.79 Å². The number of nitrogens with one attached hydrogen (secondary N) is 1. The second kappa shape index (κ2) is 8.38. The molecule has 0 spiro atoms. The van der Waals surface area contributed by atoms with Gasteiger partial charge in [0.05, 0.1) is 12.2 Å². The van der Waals surface area contributed by atoms with Gasteiger partial charge in [-0.2, -0.15) is 0 Å². The molecule has 1 saturated heterocycles. The van der Waals surface area contributed by atoms with E-state index >= 15 is 0 Å². The Morgan fingerprint density at radius 1 is 1.08 bits per heavy atom. The lowest BCUT2D eigenvalue weighted by atomic mass is 9.97. The second-order valence-electron chi connectivity index (χ2n) is 6.85. The van der Waals surface area contributed by atoms with Crippen molar-refractivity contribution in [1.82, 2.24) is 9.88 Å². The van der Waals surface area contributed by atoms with Crippen LogP contribution in [0.15, 0.2) is 0 Å². The fourth-order valence-corrected chi connectivity index (χ4v) is 3.65. The molecule has 0 radical (unpaired) electrons. The first-order valence-corrected chi connectivity index (χ1v) is 9.12. The summed E-state index contributed by atoms with van der Waals surface area (Å²) in [5.74, 6) is -1.32. The normalized spacial score (nSPS) is 20.0. The molecule has 7 nitrogen and oxygen atoms in total. The molecule has 1 aliphatic heterocycles. The van der Waals surface area contributed by atoms with Crippen LogP contribution in [0.5, 0.6) is 0 Å². The molecular weight excluding hydrogens is 336 g/mol. The largest absolute Gasteiger partial charge is 0.462 e. The lowest BCUT2D eigenvalue weighted by Crippen LogP contribution is -2.49. The van der Waals surface area contributed by atoms with Gasteiger partial charge >= 0.3 is 11.9 Å². The third kappa shape index (κ3) is 4.08. The number of hydrogen-bond donors (Lipinski definition) is 1. The Morgan fingerprint density at radius 3 is 2.27 bits per heavy atom. The number of nitrogens with zero attached hydrogens (tertiary/aromatic N) is 1. The minimum absolute atomic E-state index is 0.148. The van der Waals surface area contributed by atoms with Gasteiger partial charge in [0.2, 0.25) is 0 Å². The number of rotatable bonds is 5. The maximum absolute atomic E-state index is 12.5. The van der Waals surface area contributed by atoms with Gasteiger partial charge in [-0.15, -0.1) is 0 Å². The Labute approximate surface area is 154 Å². The number of amides is 1. The molecule has 0 bridgehead atoms. The number of carbonyl (C=O) groups is 3. The van der Waals surface area contributed by atoms with Crippen LogP contribution >= 0.6 is 0 Å². The summed E-state index contributed by atoms with van der Waals surface area (Å²) in [6.45, 7) is 9.04. The molecule has 1 aliphatic rings. The molecule has 1 aromatic heterocycles. The van der Waals surface area contributed by atoms with Crippen molar-refractivity contribution >= 4 is 17.8 Å². The fraction of sp³-hybridized carbons (Fsp3) is 0.632. The summed E-state index contributed by atoms with van der Waals surface area (Å²) in [5, 5.41) is 0. The summed E-state index contributed by atoms with van der Waals surface area (Å²) in [6.07, 6.45) is 3.02. The molecular formula is C19H28N2O5. The Balaban J connectivity index is 2.05. The Bertz CT molecular complexity index is 684. The van der Waals surface area contributed by atoms with E-state index < -0.39 is 11.9 Å². The van der Waals surface area contributed by atoms with Crippen molar-refractivity contribution in [3.8, 4) is 0 Å². The van der Waals surface area contributed by atoms with Gasteiger partial charge < -0.3 is 19.4 Å². The smallest absolute Gasteiger partial charge is 0.355 e. The molecule has 0 saturated carbocycles. The second-order valence-corrected chi connectivity index (χ2v) is 6.85. The predicted molar refractivity (Wildman–Crippen MR) is 96.1 cm³/mol. The van der Waals surface area contributed by atoms with E-state index in [0.717, 1.165) is 19.3 Å². The molecule has 0 aliphatic carbocycles. The van der Waals surface area contributed by atoms with Gasteiger partial charge in [0.15, 0.2) is 6.61 Å². The predicted octanol–water partition coefficient (Wildman–Crippen LogP) is 2.75. The summed E-state index contributed by atoms with van der Waals surface area (Å²) in [5.41, 5.74) is 1.53. The van der Waals surface area contributed by atoms with Crippen LogP contribution in [0.1, 0.15) is 72.1 Å². The highest BCUT2D eigenvalue weighted by molar-refractivity contribution is 5.99. The van der Waals surface area contributed by atoms with Crippen LogP contribution in [-0.2, 0) is 14.3 Å². The van der Waals surface area contributed by atoms with Crippen LogP contribution in [0.25, 0.3) is 0 Å². The topological polar surface area (TPSA) is 88.7 Å². The molecule has 2 heterocycles. The first-order chi connectivity index (χ1) is 12.3. The van der Waals surface area contributed by atoms with E-state index in [1.54, 1.807) is 25.7 Å². The van der Waals surface area contributed by atoms with E-state index in [0.29, 0.717) is 16.8 Å². The lowest BCUT2D eigenvalue weighted by Gasteiger charge is -2.38. The SMILES string of the molecule is CCOC(=O)c1c(C)[nH]c(C(=O)OCC(=O)N2[C@@H](C)CCC[C@@H]2C)c1C. The number of likely N-dealkylation sites (tertiary alicyclic amines) is 1. The molecule has 0 aromatic carbocycles. The van der Waals surface area contributed by atoms with Crippen molar-refractivity contribution in [1.29, 1.82) is 0 Å². The summed E-state index contributed by atoms with van der Waals surface area (Å²) >= 11 is 0. The molecule has 0 unspecified atom stereocenters. The average Bonchev–Trinajstić information content (AvgIpc) is 2.87. The van der Waals surface area contributed by atoms with Gasteiger partial charge in [0.25, 0.3) is 5.91 Å². The Kier molecular flexibility index (Phi) is 6.45. The molecule has 144 valence electrons. The highest BCUT2D eigenvalue weighted by Gasteiger charge is 2.30. The standard InChI is InChI=1S/C19H28N2O5/c1-6-25-18(23)16-13(4)17(20-14(16)5)19(24)26-10-15(22)21-11(2)8-7-9-12(21)3/h11-12,20H,6-10H2,1-5H3/t11-,12-/m0/s1. The molecule has 2 rings (SSSR count). The van der Waals surface area contributed by atoms with E-state index in [9.17, 15) is 14.4 Å². The first kappa shape index (κ1) is 20.0. The van der Waals surface area contributed by atoms with E-state index in [4.69, 9.17) is 9.47 Å². The van der Waals surface area contributed by atoms with E-state index in [-0.39, 0.29) is 36.9 Å². The average molecular weight is 364 g/mol. The van der Waals surface area contributed by atoms with E-state index in [1.165, 1.54) is 0 Å². The Morgan fingerprint density at radius 2 is 1.69 bits per heavy atom. The lowest BCUT2D eigenvalue weighted by molar-refractivity contribution is -0.140.